The standard InChI is InChI=1S/C14H22N5O3PS/c15-12-11-13(17-8-16-12)19(7-6-10-4-2-1-3-5-10)14(18-11)24-9-23(20,21)22/h8,10H,1-7,9H2,(H2,15,16,17)(H2,20,21,22). The number of aryl methyl sites for hydroxylation is 1. The second-order valence-corrected chi connectivity index (χ2v) is 9.22. The van der Waals surface area contributed by atoms with E-state index < -0.39 is 7.60 Å². The van der Waals surface area contributed by atoms with Gasteiger partial charge in [-0.2, -0.15) is 0 Å². The quantitative estimate of drug-likeness (QED) is 0.522. The predicted octanol–water partition coefficient (Wildman–Crippen LogP) is 2.61. The molecular formula is C14H22N5O3PS. The average molecular weight is 371 g/mol. The maximum absolute atomic E-state index is 11.2. The second-order valence-electron chi connectivity index (χ2n) is 6.21. The van der Waals surface area contributed by atoms with E-state index in [-0.39, 0.29) is 11.3 Å². The first-order valence-corrected chi connectivity index (χ1v) is 10.9. The summed E-state index contributed by atoms with van der Waals surface area (Å²) in [6.45, 7) is 0.723. The van der Waals surface area contributed by atoms with Crippen LogP contribution in [-0.4, -0.2) is 34.8 Å². The number of nitrogen functional groups attached to an aromatic ring is 1. The van der Waals surface area contributed by atoms with Gasteiger partial charge in [0.25, 0.3) is 0 Å². The molecule has 8 nitrogen and oxygen atoms in total. The van der Waals surface area contributed by atoms with Crippen LogP contribution < -0.4 is 5.73 Å². The molecule has 132 valence electrons. The Morgan fingerprint density at radius 2 is 2.04 bits per heavy atom. The van der Waals surface area contributed by atoms with E-state index in [2.05, 4.69) is 15.0 Å². The van der Waals surface area contributed by atoms with Crippen LogP contribution >= 0.6 is 19.4 Å². The van der Waals surface area contributed by atoms with Gasteiger partial charge in [0, 0.05) is 6.54 Å². The largest absolute Gasteiger partial charge is 0.382 e. The fourth-order valence-electron chi connectivity index (χ4n) is 3.18. The van der Waals surface area contributed by atoms with Crippen molar-refractivity contribution in [1.82, 2.24) is 19.5 Å². The molecule has 1 aliphatic rings. The lowest BCUT2D eigenvalue weighted by Crippen LogP contribution is -2.11. The molecule has 24 heavy (non-hydrogen) atoms. The maximum atomic E-state index is 11.2. The number of hydrogen-bond acceptors (Lipinski definition) is 6. The number of hydrogen-bond donors (Lipinski definition) is 3. The van der Waals surface area contributed by atoms with Gasteiger partial charge in [0.2, 0.25) is 0 Å². The lowest BCUT2D eigenvalue weighted by atomic mass is 9.87. The number of nitrogens with two attached hydrogens (primary N) is 1. The lowest BCUT2D eigenvalue weighted by molar-refractivity contribution is 0.322. The van der Waals surface area contributed by atoms with E-state index in [1.807, 2.05) is 4.57 Å². The zero-order valence-corrected chi connectivity index (χ0v) is 15.0. The van der Waals surface area contributed by atoms with Crippen molar-refractivity contribution in [1.29, 1.82) is 0 Å². The number of anilines is 1. The molecule has 0 aromatic carbocycles. The molecule has 0 amide bonds. The molecule has 0 atom stereocenters. The van der Waals surface area contributed by atoms with Crippen molar-refractivity contribution in [2.45, 2.75) is 50.2 Å². The van der Waals surface area contributed by atoms with Crippen LogP contribution in [0.15, 0.2) is 11.5 Å². The van der Waals surface area contributed by atoms with Gasteiger partial charge >= 0.3 is 7.60 Å². The normalized spacial score (nSPS) is 16.8. The highest BCUT2D eigenvalue weighted by Gasteiger charge is 2.21. The van der Waals surface area contributed by atoms with Crippen molar-refractivity contribution in [3.8, 4) is 0 Å². The molecule has 1 saturated carbocycles. The summed E-state index contributed by atoms with van der Waals surface area (Å²) in [6, 6.07) is 0. The van der Waals surface area contributed by atoms with Gasteiger partial charge in [0.1, 0.15) is 11.8 Å². The van der Waals surface area contributed by atoms with Crippen molar-refractivity contribution in [2.75, 3.05) is 11.2 Å². The van der Waals surface area contributed by atoms with Crippen LogP contribution in [0.4, 0.5) is 5.82 Å². The Kier molecular flexibility index (Phi) is 5.44. The molecule has 4 N–H and O–H groups in total. The molecule has 2 heterocycles. The van der Waals surface area contributed by atoms with Crippen molar-refractivity contribution >= 4 is 36.3 Å². The van der Waals surface area contributed by atoms with E-state index in [1.165, 1.54) is 38.4 Å². The molecule has 0 radical (unpaired) electrons. The number of fused-ring (bicyclic) bond motifs is 1. The summed E-state index contributed by atoms with van der Waals surface area (Å²) in [6.07, 6.45) is 8.78. The number of rotatable bonds is 6. The van der Waals surface area contributed by atoms with Gasteiger partial charge in [0.05, 0.1) is 0 Å². The topological polar surface area (TPSA) is 127 Å². The molecule has 3 rings (SSSR count). The van der Waals surface area contributed by atoms with Crippen molar-refractivity contribution in [2.24, 2.45) is 5.92 Å². The highest BCUT2D eigenvalue weighted by atomic mass is 32.2. The van der Waals surface area contributed by atoms with E-state index in [9.17, 15) is 4.57 Å². The SMILES string of the molecule is Nc1ncnc2c1nc(SCP(=O)(O)O)n2CCC1CCCCC1. The summed E-state index contributed by atoms with van der Waals surface area (Å²) < 4.78 is 13.1. The van der Waals surface area contributed by atoms with E-state index in [1.54, 1.807) is 0 Å². The molecular weight excluding hydrogens is 349 g/mol. The fourth-order valence-corrected chi connectivity index (χ4v) is 4.80. The fraction of sp³-hybridized carbons (Fsp3) is 0.643. The zero-order chi connectivity index (χ0) is 17.2. The highest BCUT2D eigenvalue weighted by Crippen LogP contribution is 2.41. The lowest BCUT2D eigenvalue weighted by Gasteiger charge is -2.22. The Labute approximate surface area is 144 Å². The van der Waals surface area contributed by atoms with Crippen LogP contribution in [-0.2, 0) is 11.1 Å². The first-order chi connectivity index (χ1) is 11.4. The molecule has 1 fully saturated rings. The van der Waals surface area contributed by atoms with E-state index in [4.69, 9.17) is 15.5 Å². The van der Waals surface area contributed by atoms with Gasteiger partial charge in [-0.05, 0) is 12.3 Å². The average Bonchev–Trinajstić information content (AvgIpc) is 2.91. The molecule has 0 saturated heterocycles. The Morgan fingerprint density at radius 3 is 2.75 bits per heavy atom. The van der Waals surface area contributed by atoms with Gasteiger partial charge in [-0.1, -0.05) is 43.9 Å². The van der Waals surface area contributed by atoms with Crippen LogP contribution in [0.5, 0.6) is 0 Å². The summed E-state index contributed by atoms with van der Waals surface area (Å²) >= 11 is 1.04. The molecule has 10 heteroatoms. The first-order valence-electron chi connectivity index (χ1n) is 8.08. The monoisotopic (exact) mass is 371 g/mol. The van der Waals surface area contributed by atoms with Crippen LogP contribution in [0.1, 0.15) is 38.5 Å². The van der Waals surface area contributed by atoms with Gasteiger partial charge in [0.15, 0.2) is 22.1 Å². The predicted molar refractivity (Wildman–Crippen MR) is 93.7 cm³/mol. The first kappa shape index (κ1) is 17.7. The third-order valence-corrected chi connectivity index (χ3v) is 6.80. The van der Waals surface area contributed by atoms with E-state index in [0.717, 1.165) is 24.7 Å². The Hall–Kier alpha value is -1.15. The summed E-state index contributed by atoms with van der Waals surface area (Å²) in [4.78, 5) is 30.9. The molecule has 2 aromatic rings. The number of aromatic nitrogens is 4. The highest BCUT2D eigenvalue weighted by molar-refractivity contribution is 8.04. The molecule has 0 bridgehead atoms. The van der Waals surface area contributed by atoms with Gasteiger partial charge in [-0.25, -0.2) is 15.0 Å². The molecule has 1 aliphatic carbocycles. The van der Waals surface area contributed by atoms with Crippen LogP contribution in [0.2, 0.25) is 0 Å². The van der Waals surface area contributed by atoms with Gasteiger partial charge in [-0.3, -0.25) is 4.57 Å². The third-order valence-electron chi connectivity index (χ3n) is 4.37. The minimum Gasteiger partial charge on any atom is -0.382 e. The summed E-state index contributed by atoms with van der Waals surface area (Å²) in [5.74, 6) is 0.976. The van der Waals surface area contributed by atoms with E-state index >= 15 is 0 Å². The second kappa shape index (κ2) is 7.39. The van der Waals surface area contributed by atoms with Crippen LogP contribution in [0.3, 0.4) is 0 Å². The summed E-state index contributed by atoms with van der Waals surface area (Å²) in [5.41, 5.74) is 6.68. The number of thioether (sulfide) groups is 1. The van der Waals surface area contributed by atoms with Crippen LogP contribution in [0, 0.1) is 5.92 Å². The third kappa shape index (κ3) is 4.27. The zero-order valence-electron chi connectivity index (χ0n) is 13.3. The van der Waals surface area contributed by atoms with Gasteiger partial charge in [-0.15, -0.1) is 0 Å². The summed E-state index contributed by atoms with van der Waals surface area (Å²) in [5, 5.41) is 0.538. The molecule has 0 aliphatic heterocycles. The van der Waals surface area contributed by atoms with Crippen molar-refractivity contribution < 1.29 is 14.4 Å². The van der Waals surface area contributed by atoms with Crippen molar-refractivity contribution in [3.63, 3.8) is 0 Å². The van der Waals surface area contributed by atoms with Gasteiger partial charge < -0.3 is 20.1 Å². The van der Waals surface area contributed by atoms with Crippen molar-refractivity contribution in [3.05, 3.63) is 6.33 Å². The Bertz CT molecular complexity index is 756. The number of nitrogens with zero attached hydrogens (tertiary/aromatic N) is 4. The maximum Gasteiger partial charge on any atom is 0.335 e. The van der Waals surface area contributed by atoms with E-state index in [0.29, 0.717) is 22.2 Å². The minimum atomic E-state index is -4.11. The Morgan fingerprint density at radius 1 is 1.29 bits per heavy atom. The van der Waals surface area contributed by atoms with Crippen LogP contribution in [0.25, 0.3) is 11.2 Å². The Balaban J connectivity index is 1.84. The molecule has 0 unspecified atom stereocenters. The molecule has 2 aromatic heterocycles. The smallest absolute Gasteiger partial charge is 0.335 e. The molecule has 0 spiro atoms. The number of imidazole rings is 1. The minimum absolute atomic E-state index is 0.287. The summed E-state index contributed by atoms with van der Waals surface area (Å²) in [7, 11) is -4.11.